The molecule has 1 atom stereocenters. The maximum atomic E-state index is 13.6. The van der Waals surface area contributed by atoms with Crippen molar-refractivity contribution in [3.8, 4) is 5.75 Å². The first-order chi connectivity index (χ1) is 11.5. The van der Waals surface area contributed by atoms with Gasteiger partial charge in [0.15, 0.2) is 9.84 Å². The molecule has 6 heteroatoms. The molecular weight excluding hydrogens is 329 g/mol. The van der Waals surface area contributed by atoms with Crippen LogP contribution in [0, 0.1) is 5.82 Å². The van der Waals surface area contributed by atoms with E-state index in [4.69, 9.17) is 4.74 Å². The van der Waals surface area contributed by atoms with E-state index in [9.17, 15) is 12.8 Å². The van der Waals surface area contributed by atoms with E-state index in [2.05, 4.69) is 4.90 Å². The SMILES string of the molecule is COc1ccc(F)cc1CN1CCS(=O)(=O)CC1c1ccccc1. The lowest BCUT2D eigenvalue weighted by Crippen LogP contribution is -2.42. The van der Waals surface area contributed by atoms with Gasteiger partial charge in [0.1, 0.15) is 11.6 Å². The lowest BCUT2D eigenvalue weighted by Gasteiger charge is -2.36. The highest BCUT2D eigenvalue weighted by atomic mass is 32.2. The highest BCUT2D eigenvalue weighted by Crippen LogP contribution is 2.30. The zero-order chi connectivity index (χ0) is 17.2. The largest absolute Gasteiger partial charge is 0.496 e. The molecule has 3 rings (SSSR count). The van der Waals surface area contributed by atoms with E-state index in [-0.39, 0.29) is 23.4 Å². The maximum Gasteiger partial charge on any atom is 0.153 e. The normalized spacial score (nSPS) is 20.7. The van der Waals surface area contributed by atoms with Gasteiger partial charge in [0.25, 0.3) is 0 Å². The number of benzene rings is 2. The first-order valence-electron chi connectivity index (χ1n) is 7.80. The van der Waals surface area contributed by atoms with Crippen LogP contribution in [0.5, 0.6) is 5.75 Å². The molecule has 1 aliphatic rings. The van der Waals surface area contributed by atoms with Crippen molar-refractivity contribution in [2.24, 2.45) is 0 Å². The van der Waals surface area contributed by atoms with Crippen LogP contribution in [0.3, 0.4) is 0 Å². The zero-order valence-electron chi connectivity index (χ0n) is 13.5. The number of sulfone groups is 1. The van der Waals surface area contributed by atoms with E-state index in [0.29, 0.717) is 18.8 Å². The molecule has 1 aliphatic heterocycles. The van der Waals surface area contributed by atoms with Crippen LogP contribution in [0.25, 0.3) is 0 Å². The zero-order valence-corrected chi connectivity index (χ0v) is 14.3. The molecule has 128 valence electrons. The molecule has 24 heavy (non-hydrogen) atoms. The Bertz CT molecular complexity index is 808. The molecule has 2 aromatic carbocycles. The molecule has 2 aromatic rings. The molecule has 1 unspecified atom stereocenters. The van der Waals surface area contributed by atoms with Gasteiger partial charge in [-0.2, -0.15) is 0 Å². The number of hydrogen-bond donors (Lipinski definition) is 0. The fourth-order valence-corrected chi connectivity index (χ4v) is 4.67. The van der Waals surface area contributed by atoms with Crippen LogP contribution >= 0.6 is 0 Å². The van der Waals surface area contributed by atoms with Crippen LogP contribution in [0.4, 0.5) is 4.39 Å². The monoisotopic (exact) mass is 349 g/mol. The third-order valence-corrected chi connectivity index (χ3v) is 5.97. The van der Waals surface area contributed by atoms with Crippen LogP contribution < -0.4 is 4.74 Å². The van der Waals surface area contributed by atoms with Crippen molar-refractivity contribution >= 4 is 9.84 Å². The lowest BCUT2D eigenvalue weighted by molar-refractivity contribution is 0.203. The average molecular weight is 349 g/mol. The fraction of sp³-hybridized carbons (Fsp3) is 0.333. The molecule has 0 radical (unpaired) electrons. The predicted molar refractivity (Wildman–Crippen MR) is 91.2 cm³/mol. The minimum absolute atomic E-state index is 0.0780. The number of ether oxygens (including phenoxy) is 1. The van der Waals surface area contributed by atoms with E-state index in [0.717, 1.165) is 11.1 Å². The van der Waals surface area contributed by atoms with Crippen LogP contribution in [0.15, 0.2) is 48.5 Å². The van der Waals surface area contributed by atoms with Gasteiger partial charge >= 0.3 is 0 Å². The second-order valence-corrected chi connectivity index (χ2v) is 8.20. The van der Waals surface area contributed by atoms with E-state index in [1.54, 1.807) is 13.2 Å². The molecule has 4 nitrogen and oxygen atoms in total. The summed E-state index contributed by atoms with van der Waals surface area (Å²) < 4.78 is 43.1. The van der Waals surface area contributed by atoms with Crippen molar-refractivity contribution in [1.29, 1.82) is 0 Å². The number of rotatable bonds is 4. The molecule has 0 bridgehead atoms. The number of methoxy groups -OCH3 is 1. The summed E-state index contributed by atoms with van der Waals surface area (Å²) in [5, 5.41) is 0. The first-order valence-corrected chi connectivity index (χ1v) is 9.62. The van der Waals surface area contributed by atoms with Crippen LogP contribution in [0.1, 0.15) is 17.2 Å². The average Bonchev–Trinajstić information content (AvgIpc) is 2.57. The molecule has 0 aromatic heterocycles. The third-order valence-electron chi connectivity index (χ3n) is 4.34. The lowest BCUT2D eigenvalue weighted by atomic mass is 10.1. The summed E-state index contributed by atoms with van der Waals surface area (Å²) in [6.07, 6.45) is 0. The summed E-state index contributed by atoms with van der Waals surface area (Å²) in [6, 6.07) is 13.7. The van der Waals surface area contributed by atoms with Crippen LogP contribution in [0.2, 0.25) is 0 Å². The van der Waals surface area contributed by atoms with Crippen LogP contribution in [-0.4, -0.2) is 38.5 Å². The standard InChI is InChI=1S/C18H20FNO3S/c1-23-18-8-7-16(19)11-15(18)12-20-9-10-24(21,22)13-17(20)14-5-3-2-4-6-14/h2-8,11,17H,9-10,12-13H2,1H3. The van der Waals surface area contributed by atoms with E-state index >= 15 is 0 Å². The van der Waals surface area contributed by atoms with Gasteiger partial charge < -0.3 is 4.74 Å². The minimum Gasteiger partial charge on any atom is -0.496 e. The highest BCUT2D eigenvalue weighted by molar-refractivity contribution is 7.91. The number of nitrogens with zero attached hydrogens (tertiary/aromatic N) is 1. The smallest absolute Gasteiger partial charge is 0.153 e. The second-order valence-electron chi connectivity index (χ2n) is 5.97. The molecule has 1 saturated heterocycles. The molecular formula is C18H20FNO3S. The van der Waals surface area contributed by atoms with E-state index in [1.807, 2.05) is 30.3 Å². The highest BCUT2D eigenvalue weighted by Gasteiger charge is 2.32. The van der Waals surface area contributed by atoms with E-state index < -0.39 is 9.84 Å². The summed E-state index contributed by atoms with van der Waals surface area (Å²) in [5.41, 5.74) is 1.67. The van der Waals surface area contributed by atoms with Crippen molar-refractivity contribution in [3.63, 3.8) is 0 Å². The van der Waals surface area contributed by atoms with Crippen molar-refractivity contribution in [2.45, 2.75) is 12.6 Å². The summed E-state index contributed by atoms with van der Waals surface area (Å²) >= 11 is 0. The van der Waals surface area contributed by atoms with Gasteiger partial charge in [0, 0.05) is 24.7 Å². The second kappa shape index (κ2) is 6.91. The van der Waals surface area contributed by atoms with Crippen molar-refractivity contribution in [1.82, 2.24) is 4.90 Å². The predicted octanol–water partition coefficient (Wildman–Crippen LogP) is 2.81. The Labute approximate surface area is 141 Å². The summed E-state index contributed by atoms with van der Waals surface area (Å²) in [7, 11) is -1.53. The molecule has 0 saturated carbocycles. The van der Waals surface area contributed by atoms with Gasteiger partial charge in [0.05, 0.1) is 18.6 Å². The van der Waals surface area contributed by atoms with Gasteiger partial charge in [-0.1, -0.05) is 30.3 Å². The third kappa shape index (κ3) is 3.76. The molecule has 0 amide bonds. The van der Waals surface area contributed by atoms with Gasteiger partial charge in [-0.15, -0.1) is 0 Å². The number of halogens is 1. The summed E-state index contributed by atoms with van der Waals surface area (Å²) in [5.74, 6) is 0.478. The van der Waals surface area contributed by atoms with E-state index in [1.165, 1.54) is 12.1 Å². The Morgan fingerprint density at radius 3 is 2.67 bits per heavy atom. The minimum atomic E-state index is -3.08. The van der Waals surface area contributed by atoms with Crippen molar-refractivity contribution in [3.05, 3.63) is 65.5 Å². The molecule has 1 heterocycles. The van der Waals surface area contributed by atoms with Gasteiger partial charge in [-0.3, -0.25) is 4.90 Å². The van der Waals surface area contributed by atoms with Crippen molar-refractivity contribution < 1.29 is 17.5 Å². The van der Waals surface area contributed by atoms with Gasteiger partial charge in [-0.25, -0.2) is 12.8 Å². The Kier molecular flexibility index (Phi) is 4.87. The quantitative estimate of drug-likeness (QED) is 0.852. The fourth-order valence-electron chi connectivity index (χ4n) is 3.10. The number of hydrogen-bond acceptors (Lipinski definition) is 4. The Balaban J connectivity index is 1.92. The van der Waals surface area contributed by atoms with Crippen molar-refractivity contribution in [2.75, 3.05) is 25.2 Å². The van der Waals surface area contributed by atoms with Gasteiger partial charge in [0.2, 0.25) is 0 Å². The van der Waals surface area contributed by atoms with Gasteiger partial charge in [-0.05, 0) is 23.8 Å². The Hall–Kier alpha value is -1.92. The Morgan fingerprint density at radius 2 is 1.96 bits per heavy atom. The summed E-state index contributed by atoms with van der Waals surface area (Å²) in [4.78, 5) is 2.08. The molecule has 1 fully saturated rings. The molecule has 0 aliphatic carbocycles. The summed E-state index contributed by atoms with van der Waals surface area (Å²) in [6.45, 7) is 0.859. The molecule has 0 spiro atoms. The molecule has 0 N–H and O–H groups in total. The van der Waals surface area contributed by atoms with Crippen LogP contribution in [-0.2, 0) is 16.4 Å². The Morgan fingerprint density at radius 1 is 1.21 bits per heavy atom. The topological polar surface area (TPSA) is 46.6 Å². The maximum absolute atomic E-state index is 13.6. The first kappa shape index (κ1) is 16.9.